The number of hydrogen-bond donors (Lipinski definition) is 1. The number of hydrogen-bond acceptors (Lipinski definition) is 4. The standard InChI is InChI=1S/C17H17N3O2S/c1-2-9-20-15-10-18-8-7-14(15)19-17(20)23-11-12-3-5-13(6-4-12)16(21)22/h3-8,10H,2,9,11H2,1H3,(H,21,22). The van der Waals surface area contributed by atoms with Gasteiger partial charge in [0.05, 0.1) is 22.8 Å². The molecule has 2 heterocycles. The van der Waals surface area contributed by atoms with Crippen LogP contribution in [0.5, 0.6) is 0 Å². The number of carbonyl (C=O) groups is 1. The SMILES string of the molecule is CCCn1c(SCc2ccc(C(=O)O)cc2)nc2ccncc21. The van der Waals surface area contributed by atoms with Gasteiger partial charge in [-0.25, -0.2) is 9.78 Å². The van der Waals surface area contributed by atoms with Gasteiger partial charge in [0.1, 0.15) is 0 Å². The highest BCUT2D eigenvalue weighted by molar-refractivity contribution is 7.98. The van der Waals surface area contributed by atoms with Crippen LogP contribution in [0.4, 0.5) is 0 Å². The number of rotatable bonds is 6. The number of fused-ring (bicyclic) bond motifs is 1. The molecular weight excluding hydrogens is 310 g/mol. The summed E-state index contributed by atoms with van der Waals surface area (Å²) in [5, 5.41) is 9.90. The van der Waals surface area contributed by atoms with Crippen LogP contribution >= 0.6 is 11.8 Å². The van der Waals surface area contributed by atoms with Crippen LogP contribution in [0.25, 0.3) is 11.0 Å². The van der Waals surface area contributed by atoms with Crippen molar-refractivity contribution >= 4 is 28.8 Å². The van der Waals surface area contributed by atoms with Crippen LogP contribution in [-0.4, -0.2) is 25.6 Å². The van der Waals surface area contributed by atoms with Crippen molar-refractivity contribution in [1.82, 2.24) is 14.5 Å². The number of thioether (sulfide) groups is 1. The lowest BCUT2D eigenvalue weighted by Gasteiger charge is -2.07. The van der Waals surface area contributed by atoms with Crippen molar-refractivity contribution in [2.24, 2.45) is 0 Å². The molecule has 1 aromatic carbocycles. The Morgan fingerprint density at radius 3 is 2.74 bits per heavy atom. The van der Waals surface area contributed by atoms with Gasteiger partial charge >= 0.3 is 5.97 Å². The number of aromatic nitrogens is 3. The quantitative estimate of drug-likeness (QED) is 0.697. The van der Waals surface area contributed by atoms with Gasteiger partial charge in [-0.15, -0.1) is 0 Å². The van der Waals surface area contributed by atoms with E-state index >= 15 is 0 Å². The van der Waals surface area contributed by atoms with Crippen LogP contribution < -0.4 is 0 Å². The largest absolute Gasteiger partial charge is 0.478 e. The Morgan fingerprint density at radius 1 is 1.26 bits per heavy atom. The van der Waals surface area contributed by atoms with Gasteiger partial charge in [0, 0.05) is 18.5 Å². The minimum Gasteiger partial charge on any atom is -0.478 e. The van der Waals surface area contributed by atoms with Crippen molar-refractivity contribution in [1.29, 1.82) is 0 Å². The predicted octanol–water partition coefficient (Wildman–Crippen LogP) is 3.83. The average Bonchev–Trinajstić information content (AvgIpc) is 2.92. The molecule has 1 N–H and O–H groups in total. The maximum absolute atomic E-state index is 10.9. The summed E-state index contributed by atoms with van der Waals surface area (Å²) >= 11 is 1.66. The average molecular weight is 327 g/mol. The Hall–Kier alpha value is -2.34. The molecule has 0 fully saturated rings. The Kier molecular flexibility index (Phi) is 4.62. The number of aromatic carboxylic acids is 1. The van der Waals surface area contributed by atoms with Gasteiger partial charge in [0.15, 0.2) is 5.16 Å². The first-order chi connectivity index (χ1) is 11.2. The summed E-state index contributed by atoms with van der Waals surface area (Å²) in [6.45, 7) is 3.05. The van der Waals surface area contributed by atoms with Gasteiger partial charge in [-0.1, -0.05) is 30.8 Å². The first-order valence-electron chi connectivity index (χ1n) is 7.44. The molecule has 0 amide bonds. The summed E-state index contributed by atoms with van der Waals surface area (Å²) in [6.07, 6.45) is 4.63. The highest BCUT2D eigenvalue weighted by atomic mass is 32.2. The summed E-state index contributed by atoms with van der Waals surface area (Å²) in [7, 11) is 0. The number of aryl methyl sites for hydroxylation is 1. The van der Waals surface area contributed by atoms with Gasteiger partial charge in [-0.2, -0.15) is 0 Å². The fraction of sp³-hybridized carbons (Fsp3) is 0.235. The van der Waals surface area contributed by atoms with Gasteiger partial charge in [-0.3, -0.25) is 4.98 Å². The minimum absolute atomic E-state index is 0.308. The van der Waals surface area contributed by atoms with E-state index in [9.17, 15) is 4.79 Å². The van der Waals surface area contributed by atoms with E-state index in [4.69, 9.17) is 5.11 Å². The maximum Gasteiger partial charge on any atom is 0.335 e. The van der Waals surface area contributed by atoms with Crippen LogP contribution in [0.15, 0.2) is 47.9 Å². The van der Waals surface area contributed by atoms with Crippen LogP contribution in [0.2, 0.25) is 0 Å². The third-order valence-corrected chi connectivity index (χ3v) is 4.58. The number of benzene rings is 1. The molecule has 0 aliphatic heterocycles. The lowest BCUT2D eigenvalue weighted by molar-refractivity contribution is 0.0697. The van der Waals surface area contributed by atoms with Crippen LogP contribution in [0.3, 0.4) is 0 Å². The zero-order valence-electron chi connectivity index (χ0n) is 12.8. The van der Waals surface area contributed by atoms with E-state index in [0.717, 1.165) is 40.5 Å². The Morgan fingerprint density at radius 2 is 2.04 bits per heavy atom. The number of nitrogens with zero attached hydrogens (tertiary/aromatic N) is 3. The Balaban J connectivity index is 1.81. The number of pyridine rings is 1. The summed E-state index contributed by atoms with van der Waals surface area (Å²) in [6, 6.07) is 8.90. The number of carboxylic acids is 1. The molecule has 23 heavy (non-hydrogen) atoms. The summed E-state index contributed by atoms with van der Waals surface area (Å²) < 4.78 is 2.19. The summed E-state index contributed by atoms with van der Waals surface area (Å²) in [5.74, 6) is -0.151. The van der Waals surface area contributed by atoms with E-state index in [2.05, 4.69) is 21.5 Å². The molecule has 0 saturated carbocycles. The van der Waals surface area contributed by atoms with E-state index in [-0.39, 0.29) is 0 Å². The Bertz CT molecular complexity index is 827. The molecule has 0 aliphatic rings. The Labute approximate surface area is 138 Å². The fourth-order valence-corrected chi connectivity index (χ4v) is 3.39. The van der Waals surface area contributed by atoms with Crippen LogP contribution in [0.1, 0.15) is 29.3 Å². The van der Waals surface area contributed by atoms with E-state index in [1.54, 1.807) is 30.1 Å². The van der Waals surface area contributed by atoms with E-state index < -0.39 is 5.97 Å². The van der Waals surface area contributed by atoms with E-state index in [1.165, 1.54) is 0 Å². The first-order valence-corrected chi connectivity index (χ1v) is 8.43. The molecule has 2 aromatic heterocycles. The molecule has 3 aromatic rings. The minimum atomic E-state index is -0.901. The van der Waals surface area contributed by atoms with Crippen LogP contribution in [-0.2, 0) is 12.3 Å². The van der Waals surface area contributed by atoms with Crippen molar-refractivity contribution < 1.29 is 9.90 Å². The molecule has 0 radical (unpaired) electrons. The summed E-state index contributed by atoms with van der Waals surface area (Å²) in [5.41, 5.74) is 3.39. The van der Waals surface area contributed by atoms with Crippen molar-refractivity contribution in [3.05, 3.63) is 53.9 Å². The molecule has 0 spiro atoms. The van der Waals surface area contributed by atoms with Gasteiger partial charge in [0.2, 0.25) is 0 Å². The number of carboxylic acid groups (broad SMARTS) is 1. The molecule has 5 nitrogen and oxygen atoms in total. The zero-order chi connectivity index (χ0) is 16.2. The van der Waals surface area contributed by atoms with Crippen molar-refractivity contribution in [2.75, 3.05) is 0 Å². The molecular formula is C17H17N3O2S. The van der Waals surface area contributed by atoms with Gasteiger partial charge < -0.3 is 9.67 Å². The normalized spacial score (nSPS) is 11.0. The molecule has 3 rings (SSSR count). The third kappa shape index (κ3) is 3.37. The maximum atomic E-state index is 10.9. The van der Waals surface area contributed by atoms with Crippen molar-refractivity contribution in [3.8, 4) is 0 Å². The second kappa shape index (κ2) is 6.83. The lowest BCUT2D eigenvalue weighted by Crippen LogP contribution is -1.99. The molecule has 6 heteroatoms. The molecule has 0 saturated heterocycles. The third-order valence-electron chi connectivity index (χ3n) is 3.53. The predicted molar refractivity (Wildman–Crippen MR) is 90.8 cm³/mol. The smallest absolute Gasteiger partial charge is 0.335 e. The first kappa shape index (κ1) is 15.6. The highest BCUT2D eigenvalue weighted by Gasteiger charge is 2.11. The molecule has 0 bridgehead atoms. The molecule has 0 aliphatic carbocycles. The summed E-state index contributed by atoms with van der Waals surface area (Å²) in [4.78, 5) is 19.8. The molecule has 118 valence electrons. The van der Waals surface area contributed by atoms with E-state index in [1.807, 2.05) is 24.4 Å². The van der Waals surface area contributed by atoms with E-state index in [0.29, 0.717) is 5.56 Å². The topological polar surface area (TPSA) is 68.0 Å². The molecule has 0 unspecified atom stereocenters. The fourth-order valence-electron chi connectivity index (χ4n) is 2.39. The second-order valence-corrected chi connectivity index (χ2v) is 6.14. The number of imidazole rings is 1. The lowest BCUT2D eigenvalue weighted by atomic mass is 10.1. The highest BCUT2D eigenvalue weighted by Crippen LogP contribution is 2.26. The monoisotopic (exact) mass is 327 g/mol. The second-order valence-electron chi connectivity index (χ2n) is 5.20. The zero-order valence-corrected chi connectivity index (χ0v) is 13.6. The van der Waals surface area contributed by atoms with Crippen molar-refractivity contribution in [3.63, 3.8) is 0 Å². The van der Waals surface area contributed by atoms with Gasteiger partial charge in [0.25, 0.3) is 0 Å². The van der Waals surface area contributed by atoms with Crippen molar-refractivity contribution in [2.45, 2.75) is 30.8 Å². The van der Waals surface area contributed by atoms with Gasteiger partial charge in [-0.05, 0) is 30.2 Å². The van der Waals surface area contributed by atoms with Crippen LogP contribution in [0, 0.1) is 0 Å². The molecule has 0 atom stereocenters.